The number of carbonyl (C=O) groups is 1. The van der Waals surface area contributed by atoms with Crippen LogP contribution in [0.4, 0.5) is 0 Å². The van der Waals surface area contributed by atoms with Gasteiger partial charge in [-0.1, -0.05) is 34.9 Å². The molecule has 1 aliphatic rings. The maximum atomic E-state index is 10.8. The molecule has 1 aromatic rings. The average Bonchev–Trinajstić information content (AvgIpc) is 2.72. The third-order valence-electron chi connectivity index (χ3n) is 6.25. The summed E-state index contributed by atoms with van der Waals surface area (Å²) >= 11 is 0. The van der Waals surface area contributed by atoms with Crippen molar-refractivity contribution in [3.05, 3.63) is 58.2 Å². The molecule has 0 aliphatic carbocycles. The molecule has 0 fully saturated rings. The van der Waals surface area contributed by atoms with Gasteiger partial charge in [-0.05, 0) is 116 Å². The first-order chi connectivity index (χ1) is 15.6. The van der Waals surface area contributed by atoms with Gasteiger partial charge in [0.2, 0.25) is 0 Å². The largest absolute Gasteiger partial charge is 0.487 e. The average molecular weight is 455 g/mol. The highest BCUT2D eigenvalue weighted by Gasteiger charge is 2.32. The fourth-order valence-corrected chi connectivity index (χ4v) is 4.21. The topological polar surface area (TPSA) is 55.8 Å². The van der Waals surface area contributed by atoms with E-state index in [2.05, 4.69) is 52.8 Å². The molecule has 1 atom stereocenters. The van der Waals surface area contributed by atoms with Gasteiger partial charge in [-0.25, -0.2) is 4.79 Å². The van der Waals surface area contributed by atoms with Crippen LogP contribution in [0.15, 0.2) is 47.1 Å². The Labute approximate surface area is 200 Å². The second kappa shape index (κ2) is 12.7. The van der Waals surface area contributed by atoms with Crippen molar-refractivity contribution in [3.8, 4) is 11.5 Å². The highest BCUT2D eigenvalue weighted by atomic mass is 16.5. The maximum Gasteiger partial charge on any atom is 0.341 e. The van der Waals surface area contributed by atoms with Crippen LogP contribution in [-0.4, -0.2) is 23.3 Å². The van der Waals surface area contributed by atoms with Crippen LogP contribution in [0.2, 0.25) is 0 Å². The second-order valence-corrected chi connectivity index (χ2v) is 9.96. The van der Waals surface area contributed by atoms with E-state index >= 15 is 0 Å². The lowest BCUT2D eigenvalue weighted by molar-refractivity contribution is -0.139. The molecule has 182 valence electrons. The fraction of sp³-hybridized carbons (Fsp3) is 0.552. The summed E-state index contributed by atoms with van der Waals surface area (Å²) < 4.78 is 11.8. The number of hydrogen-bond acceptors (Lipinski definition) is 3. The molecule has 0 saturated heterocycles. The Morgan fingerprint density at radius 2 is 1.70 bits per heavy atom. The minimum absolute atomic E-state index is 0.181. The smallest absolute Gasteiger partial charge is 0.341 e. The quantitative estimate of drug-likeness (QED) is 0.328. The minimum atomic E-state index is -0.969. The Morgan fingerprint density at radius 3 is 2.33 bits per heavy atom. The number of rotatable bonds is 12. The van der Waals surface area contributed by atoms with Gasteiger partial charge < -0.3 is 14.6 Å². The lowest BCUT2D eigenvalue weighted by Gasteiger charge is -2.37. The molecule has 0 bridgehead atoms. The zero-order valence-corrected chi connectivity index (χ0v) is 21.4. The number of aliphatic carboxylic acids is 1. The maximum absolute atomic E-state index is 10.8. The summed E-state index contributed by atoms with van der Waals surface area (Å²) in [6, 6.07) is 3.79. The van der Waals surface area contributed by atoms with E-state index in [-0.39, 0.29) is 12.2 Å². The molecule has 0 aromatic heterocycles. The lowest BCUT2D eigenvalue weighted by Crippen LogP contribution is -2.36. The predicted molar refractivity (Wildman–Crippen MR) is 136 cm³/mol. The van der Waals surface area contributed by atoms with Crippen LogP contribution in [0.5, 0.6) is 11.5 Å². The van der Waals surface area contributed by atoms with Gasteiger partial charge in [0.25, 0.3) is 0 Å². The van der Waals surface area contributed by atoms with Gasteiger partial charge in [-0.3, -0.25) is 0 Å². The van der Waals surface area contributed by atoms with Gasteiger partial charge in [0.15, 0.2) is 6.61 Å². The van der Waals surface area contributed by atoms with Gasteiger partial charge in [-0.15, -0.1) is 0 Å². The fourth-order valence-electron chi connectivity index (χ4n) is 4.21. The standard InChI is InChI=1S/C29H42O4/c1-21(2)10-7-11-22(3)12-8-13-23(4)14-9-16-29(6)17-15-25-19-26(32-20-27(30)31)18-24(5)28(25)33-29/h10,12,14,18-19H,7-9,11,13,15-17,20H2,1-6H3,(H,30,31)/b22-12+,23-14+/t29-/m1/s1. The molecular formula is C29H42O4. The van der Waals surface area contributed by atoms with E-state index in [4.69, 9.17) is 14.6 Å². The first kappa shape index (κ1) is 26.8. The van der Waals surface area contributed by atoms with Crippen molar-refractivity contribution < 1.29 is 19.4 Å². The van der Waals surface area contributed by atoms with E-state index in [0.717, 1.165) is 68.2 Å². The van der Waals surface area contributed by atoms with Crippen molar-refractivity contribution in [2.75, 3.05) is 6.61 Å². The summed E-state index contributed by atoms with van der Waals surface area (Å²) in [6.07, 6.45) is 15.4. The van der Waals surface area contributed by atoms with E-state index < -0.39 is 5.97 Å². The van der Waals surface area contributed by atoms with Crippen LogP contribution in [0.1, 0.15) is 90.7 Å². The first-order valence-electron chi connectivity index (χ1n) is 12.2. The minimum Gasteiger partial charge on any atom is -0.487 e. The normalized spacial score (nSPS) is 18.4. The molecule has 1 aliphatic heterocycles. The lowest BCUT2D eigenvalue weighted by atomic mass is 9.87. The molecule has 4 heteroatoms. The van der Waals surface area contributed by atoms with Crippen molar-refractivity contribution in [2.24, 2.45) is 0 Å². The Hall–Kier alpha value is -2.49. The van der Waals surface area contributed by atoms with Gasteiger partial charge in [0, 0.05) is 0 Å². The highest BCUT2D eigenvalue weighted by molar-refractivity contribution is 5.68. The zero-order chi connectivity index (χ0) is 24.4. The van der Waals surface area contributed by atoms with Gasteiger partial charge in [0.05, 0.1) is 0 Å². The Kier molecular flexibility index (Phi) is 10.3. The van der Waals surface area contributed by atoms with Crippen molar-refractivity contribution in [1.29, 1.82) is 0 Å². The van der Waals surface area contributed by atoms with Crippen molar-refractivity contribution in [3.63, 3.8) is 0 Å². The molecule has 1 N–H and O–H groups in total. The number of benzene rings is 1. The predicted octanol–water partition coefficient (Wildman–Crippen LogP) is 7.74. The zero-order valence-electron chi connectivity index (χ0n) is 21.4. The Balaban J connectivity index is 1.84. The van der Waals surface area contributed by atoms with Crippen LogP contribution in [0.3, 0.4) is 0 Å². The summed E-state index contributed by atoms with van der Waals surface area (Å²) in [4.78, 5) is 10.8. The van der Waals surface area contributed by atoms with E-state index in [0.29, 0.717) is 5.75 Å². The number of fused-ring (bicyclic) bond motifs is 1. The molecule has 0 radical (unpaired) electrons. The van der Waals surface area contributed by atoms with E-state index in [1.165, 1.54) is 16.7 Å². The van der Waals surface area contributed by atoms with Crippen molar-refractivity contribution in [1.82, 2.24) is 0 Å². The van der Waals surface area contributed by atoms with E-state index in [1.807, 2.05) is 19.1 Å². The molecule has 33 heavy (non-hydrogen) atoms. The molecule has 2 rings (SSSR count). The molecule has 1 heterocycles. The number of ether oxygens (including phenoxy) is 2. The number of carboxylic acids is 1. The summed E-state index contributed by atoms with van der Waals surface area (Å²) in [7, 11) is 0. The summed E-state index contributed by atoms with van der Waals surface area (Å²) in [5.74, 6) is 0.560. The second-order valence-electron chi connectivity index (χ2n) is 9.96. The van der Waals surface area contributed by atoms with Crippen LogP contribution in [-0.2, 0) is 11.2 Å². The van der Waals surface area contributed by atoms with Crippen LogP contribution < -0.4 is 9.47 Å². The SMILES string of the molecule is CC(C)=CCC/C(C)=C/CC/C(C)=C/CC[C@]1(C)CCc2cc(OCC(=O)O)cc(C)c2O1. The molecule has 0 amide bonds. The number of carboxylic acid groups (broad SMARTS) is 1. The summed E-state index contributed by atoms with van der Waals surface area (Å²) in [6.45, 7) is 12.6. The highest BCUT2D eigenvalue weighted by Crippen LogP contribution is 2.40. The third kappa shape index (κ3) is 9.49. The van der Waals surface area contributed by atoms with E-state index in [1.54, 1.807) is 0 Å². The Morgan fingerprint density at radius 1 is 1.06 bits per heavy atom. The van der Waals surface area contributed by atoms with Crippen LogP contribution in [0.25, 0.3) is 0 Å². The van der Waals surface area contributed by atoms with Gasteiger partial charge in [0.1, 0.15) is 17.1 Å². The number of allylic oxidation sites excluding steroid dienone is 6. The van der Waals surface area contributed by atoms with Gasteiger partial charge in [-0.2, -0.15) is 0 Å². The van der Waals surface area contributed by atoms with Crippen LogP contribution in [0, 0.1) is 6.92 Å². The summed E-state index contributed by atoms with van der Waals surface area (Å²) in [5, 5.41) is 8.83. The Bertz CT molecular complexity index is 902. The molecule has 1 aromatic carbocycles. The first-order valence-corrected chi connectivity index (χ1v) is 12.2. The molecular weight excluding hydrogens is 412 g/mol. The van der Waals surface area contributed by atoms with Crippen molar-refractivity contribution >= 4 is 5.97 Å². The third-order valence-corrected chi connectivity index (χ3v) is 6.25. The molecule has 0 spiro atoms. The molecule has 0 saturated carbocycles. The number of aryl methyl sites for hydroxylation is 2. The number of hydrogen-bond donors (Lipinski definition) is 1. The summed E-state index contributed by atoms with van der Waals surface area (Å²) in [5.41, 5.74) is 6.24. The monoisotopic (exact) mass is 454 g/mol. The molecule has 4 nitrogen and oxygen atoms in total. The van der Waals surface area contributed by atoms with Gasteiger partial charge >= 0.3 is 5.97 Å². The van der Waals surface area contributed by atoms with Crippen LogP contribution >= 0.6 is 0 Å². The van der Waals surface area contributed by atoms with Crippen molar-refractivity contribution in [2.45, 2.75) is 98.5 Å². The molecule has 0 unspecified atom stereocenters. The van der Waals surface area contributed by atoms with E-state index in [9.17, 15) is 4.79 Å².